The Labute approximate surface area is 172 Å². The summed E-state index contributed by atoms with van der Waals surface area (Å²) in [5.41, 5.74) is 5.14. The highest BCUT2D eigenvalue weighted by Gasteiger charge is 2.23. The number of rotatable bonds is 4. The van der Waals surface area contributed by atoms with E-state index in [1.165, 1.54) is 21.7 Å². The smallest absolute Gasteiger partial charge is 0.223 e. The normalized spacial score (nSPS) is 17.3. The Hall–Kier alpha value is -1.98. The molecule has 4 nitrogen and oxygen atoms in total. The molecule has 0 N–H and O–H groups in total. The number of hydrogen-bond donors (Lipinski definition) is 0. The molecule has 4 rings (SSSR count). The molecular weight excluding hydrogens is 366 g/mol. The van der Waals surface area contributed by atoms with Gasteiger partial charge in [0.15, 0.2) is 0 Å². The van der Waals surface area contributed by atoms with Crippen LogP contribution >= 0.6 is 11.9 Å². The molecule has 0 unspecified atom stereocenters. The molecule has 0 atom stereocenters. The average molecular weight is 396 g/mol. The largest absolute Gasteiger partial charge is 0.369 e. The van der Waals surface area contributed by atoms with Crippen LogP contribution in [0.4, 0.5) is 11.4 Å². The first kappa shape index (κ1) is 19.3. The van der Waals surface area contributed by atoms with Gasteiger partial charge in [0.2, 0.25) is 5.91 Å². The molecule has 1 saturated heterocycles. The van der Waals surface area contributed by atoms with Crippen LogP contribution in [-0.4, -0.2) is 42.9 Å². The molecule has 0 aliphatic carbocycles. The van der Waals surface area contributed by atoms with Crippen molar-refractivity contribution in [2.75, 3.05) is 42.5 Å². The van der Waals surface area contributed by atoms with Gasteiger partial charge in [-0.3, -0.25) is 4.79 Å². The maximum Gasteiger partial charge on any atom is 0.223 e. The van der Waals surface area contributed by atoms with Crippen LogP contribution in [0.3, 0.4) is 0 Å². The van der Waals surface area contributed by atoms with E-state index >= 15 is 0 Å². The van der Waals surface area contributed by atoms with Crippen LogP contribution in [0.25, 0.3) is 0 Å². The van der Waals surface area contributed by atoms with Crippen molar-refractivity contribution < 1.29 is 4.79 Å². The SMILES string of the molecule is CC(=O)N1CCc2cc(SN3CCN(c4cccc(C(C)C)c4)CC3)ccc21. The molecule has 1 fully saturated rings. The second-order valence-corrected chi connectivity index (χ2v) is 9.14. The Kier molecular flexibility index (Phi) is 5.65. The van der Waals surface area contributed by atoms with E-state index < -0.39 is 0 Å². The zero-order valence-electron chi connectivity index (χ0n) is 17.0. The van der Waals surface area contributed by atoms with E-state index in [1.807, 2.05) is 16.8 Å². The van der Waals surface area contributed by atoms with E-state index in [2.05, 4.69) is 65.5 Å². The van der Waals surface area contributed by atoms with Crippen molar-refractivity contribution in [3.8, 4) is 0 Å². The van der Waals surface area contributed by atoms with E-state index in [1.54, 1.807) is 6.92 Å². The van der Waals surface area contributed by atoms with Crippen LogP contribution in [0.15, 0.2) is 47.4 Å². The third kappa shape index (κ3) is 4.06. The molecule has 2 aromatic rings. The second-order valence-electron chi connectivity index (χ2n) is 7.97. The van der Waals surface area contributed by atoms with E-state index in [0.29, 0.717) is 5.92 Å². The molecule has 1 amide bonds. The van der Waals surface area contributed by atoms with Gasteiger partial charge in [-0.1, -0.05) is 26.0 Å². The van der Waals surface area contributed by atoms with Crippen LogP contribution < -0.4 is 9.80 Å². The standard InChI is InChI=1S/C23H29N3OS/c1-17(2)19-5-4-6-21(15-19)24-11-13-25(14-12-24)28-22-7-8-23-20(16-22)9-10-26(23)18(3)27/h4-8,15-17H,9-14H2,1-3H3. The molecule has 28 heavy (non-hydrogen) atoms. The molecule has 2 heterocycles. The molecule has 148 valence electrons. The summed E-state index contributed by atoms with van der Waals surface area (Å²) in [4.78, 5) is 17.4. The van der Waals surface area contributed by atoms with Crippen molar-refractivity contribution in [2.24, 2.45) is 0 Å². The topological polar surface area (TPSA) is 26.8 Å². The van der Waals surface area contributed by atoms with Crippen molar-refractivity contribution in [2.45, 2.75) is 38.0 Å². The number of fused-ring (bicyclic) bond motifs is 1. The Morgan fingerprint density at radius 1 is 1.00 bits per heavy atom. The number of benzene rings is 2. The first-order chi connectivity index (χ1) is 13.5. The summed E-state index contributed by atoms with van der Waals surface area (Å²) >= 11 is 1.85. The van der Waals surface area contributed by atoms with Gasteiger partial charge in [0.05, 0.1) is 0 Å². The van der Waals surface area contributed by atoms with Crippen molar-refractivity contribution in [1.29, 1.82) is 0 Å². The fraction of sp³-hybridized carbons (Fsp3) is 0.435. The zero-order valence-corrected chi connectivity index (χ0v) is 17.8. The first-order valence-corrected chi connectivity index (χ1v) is 11.0. The highest BCUT2D eigenvalue weighted by molar-refractivity contribution is 7.97. The van der Waals surface area contributed by atoms with Gasteiger partial charge in [0, 0.05) is 55.9 Å². The monoisotopic (exact) mass is 395 g/mol. The molecule has 0 saturated carbocycles. The minimum atomic E-state index is 0.136. The van der Waals surface area contributed by atoms with E-state index in [9.17, 15) is 4.79 Å². The van der Waals surface area contributed by atoms with E-state index in [-0.39, 0.29) is 5.91 Å². The summed E-state index contributed by atoms with van der Waals surface area (Å²) in [6.07, 6.45) is 0.962. The number of amides is 1. The molecule has 2 aliphatic heterocycles. The second kappa shape index (κ2) is 8.18. The summed E-state index contributed by atoms with van der Waals surface area (Å²) in [7, 11) is 0. The lowest BCUT2D eigenvalue weighted by atomic mass is 10.0. The highest BCUT2D eigenvalue weighted by atomic mass is 32.2. The van der Waals surface area contributed by atoms with Crippen LogP contribution in [0, 0.1) is 0 Å². The number of hydrogen-bond acceptors (Lipinski definition) is 4. The first-order valence-electron chi connectivity index (χ1n) is 10.2. The maximum absolute atomic E-state index is 11.7. The van der Waals surface area contributed by atoms with Crippen LogP contribution in [0.1, 0.15) is 37.8 Å². The quantitative estimate of drug-likeness (QED) is 0.710. The highest BCUT2D eigenvalue weighted by Crippen LogP contribution is 2.34. The molecule has 2 aromatic carbocycles. The summed E-state index contributed by atoms with van der Waals surface area (Å²) in [6, 6.07) is 15.5. The number of anilines is 2. The summed E-state index contributed by atoms with van der Waals surface area (Å²) in [6.45, 7) is 11.2. The average Bonchev–Trinajstić information content (AvgIpc) is 3.12. The predicted molar refractivity (Wildman–Crippen MR) is 118 cm³/mol. The van der Waals surface area contributed by atoms with Gasteiger partial charge in [-0.15, -0.1) is 0 Å². The van der Waals surface area contributed by atoms with Crippen molar-refractivity contribution in [3.63, 3.8) is 0 Å². The Balaban J connectivity index is 1.36. The summed E-state index contributed by atoms with van der Waals surface area (Å²) in [5.74, 6) is 0.701. The van der Waals surface area contributed by atoms with Gasteiger partial charge in [-0.05, 0) is 65.7 Å². The van der Waals surface area contributed by atoms with Gasteiger partial charge in [-0.25, -0.2) is 4.31 Å². The lowest BCUT2D eigenvalue weighted by Gasteiger charge is -2.35. The Morgan fingerprint density at radius 3 is 2.50 bits per heavy atom. The van der Waals surface area contributed by atoms with Gasteiger partial charge in [-0.2, -0.15) is 0 Å². The van der Waals surface area contributed by atoms with Gasteiger partial charge < -0.3 is 9.80 Å². The minimum Gasteiger partial charge on any atom is -0.369 e. The molecule has 5 heteroatoms. The fourth-order valence-electron chi connectivity index (χ4n) is 4.03. The maximum atomic E-state index is 11.7. The molecular formula is C23H29N3OS. The summed E-state index contributed by atoms with van der Waals surface area (Å²) in [5, 5.41) is 0. The zero-order chi connectivity index (χ0) is 19.7. The van der Waals surface area contributed by atoms with Crippen LogP contribution in [-0.2, 0) is 11.2 Å². The number of piperazine rings is 1. The molecule has 0 aromatic heterocycles. The molecule has 0 radical (unpaired) electrons. The van der Waals surface area contributed by atoms with E-state index in [4.69, 9.17) is 0 Å². The molecule has 0 bridgehead atoms. The van der Waals surface area contributed by atoms with Crippen LogP contribution in [0.5, 0.6) is 0 Å². The Bertz CT molecular complexity index is 859. The number of nitrogens with zero attached hydrogens (tertiary/aromatic N) is 3. The molecule has 0 spiro atoms. The van der Waals surface area contributed by atoms with Gasteiger partial charge in [0.25, 0.3) is 0 Å². The third-order valence-corrected chi connectivity index (χ3v) is 6.79. The van der Waals surface area contributed by atoms with E-state index in [0.717, 1.165) is 44.8 Å². The van der Waals surface area contributed by atoms with Crippen molar-refractivity contribution >= 4 is 29.2 Å². The summed E-state index contributed by atoms with van der Waals surface area (Å²) < 4.78 is 2.46. The lowest BCUT2D eigenvalue weighted by molar-refractivity contribution is -0.116. The Morgan fingerprint density at radius 2 is 1.79 bits per heavy atom. The van der Waals surface area contributed by atoms with Gasteiger partial charge in [0.1, 0.15) is 0 Å². The van der Waals surface area contributed by atoms with Crippen LogP contribution in [0.2, 0.25) is 0 Å². The minimum absolute atomic E-state index is 0.136. The van der Waals surface area contributed by atoms with Crippen molar-refractivity contribution in [3.05, 3.63) is 53.6 Å². The third-order valence-electron chi connectivity index (χ3n) is 5.70. The van der Waals surface area contributed by atoms with Gasteiger partial charge >= 0.3 is 0 Å². The molecule has 2 aliphatic rings. The number of carbonyl (C=O) groups is 1. The van der Waals surface area contributed by atoms with Crippen molar-refractivity contribution in [1.82, 2.24) is 4.31 Å². The predicted octanol–water partition coefficient (Wildman–Crippen LogP) is 4.55. The fourth-order valence-corrected chi connectivity index (χ4v) is 5.00. The number of carbonyl (C=O) groups excluding carboxylic acids is 1. The lowest BCUT2D eigenvalue weighted by Crippen LogP contribution is -2.43.